The summed E-state index contributed by atoms with van der Waals surface area (Å²) in [5, 5.41) is 11.7. The van der Waals surface area contributed by atoms with Gasteiger partial charge in [0.2, 0.25) is 0 Å². The Bertz CT molecular complexity index is 1120. The Balaban J connectivity index is 1.84. The standard InChI is InChI=1S/C21H17ClN2O2/c22-14-9-11-18-16(12-14)15(5-3-7-20(25)26)21(24-18)19-10-8-13-4-1-2-6-17(13)23-19/h1-2,4,6,8-12,24H,3,5,7H2,(H,25,26). The molecule has 0 amide bonds. The van der Waals surface area contributed by atoms with Gasteiger partial charge in [0, 0.05) is 27.7 Å². The predicted octanol–water partition coefficient (Wildman–Crippen LogP) is 5.44. The molecule has 0 spiro atoms. The highest BCUT2D eigenvalue weighted by molar-refractivity contribution is 6.31. The largest absolute Gasteiger partial charge is 0.481 e. The number of aromatic nitrogens is 2. The van der Waals surface area contributed by atoms with Crippen LogP contribution in [0.4, 0.5) is 0 Å². The first kappa shape index (κ1) is 16.6. The van der Waals surface area contributed by atoms with Crippen LogP contribution < -0.4 is 0 Å². The minimum absolute atomic E-state index is 0.137. The van der Waals surface area contributed by atoms with Gasteiger partial charge in [-0.3, -0.25) is 4.79 Å². The third-order valence-electron chi connectivity index (χ3n) is 4.54. The highest BCUT2D eigenvalue weighted by Gasteiger charge is 2.15. The Morgan fingerprint density at radius 1 is 1.12 bits per heavy atom. The maximum absolute atomic E-state index is 10.9. The van der Waals surface area contributed by atoms with E-state index in [1.165, 1.54) is 0 Å². The summed E-state index contributed by atoms with van der Waals surface area (Å²) >= 11 is 6.18. The fourth-order valence-electron chi connectivity index (χ4n) is 3.32. The zero-order valence-corrected chi connectivity index (χ0v) is 14.8. The molecule has 4 rings (SSSR count). The highest BCUT2D eigenvalue weighted by Crippen LogP contribution is 2.33. The third-order valence-corrected chi connectivity index (χ3v) is 4.78. The van der Waals surface area contributed by atoms with E-state index >= 15 is 0 Å². The van der Waals surface area contributed by atoms with E-state index < -0.39 is 5.97 Å². The summed E-state index contributed by atoms with van der Waals surface area (Å²) in [5.41, 5.74) is 4.74. The zero-order valence-electron chi connectivity index (χ0n) is 14.0. The summed E-state index contributed by atoms with van der Waals surface area (Å²) in [5.74, 6) is -0.784. The van der Waals surface area contributed by atoms with Crippen molar-refractivity contribution in [1.29, 1.82) is 0 Å². The van der Waals surface area contributed by atoms with Crippen LogP contribution in [0.2, 0.25) is 5.02 Å². The molecule has 0 aliphatic heterocycles. The number of benzene rings is 2. The quantitative estimate of drug-likeness (QED) is 0.495. The maximum atomic E-state index is 10.9. The molecule has 0 fully saturated rings. The number of H-pyrrole nitrogens is 1. The number of hydrogen-bond acceptors (Lipinski definition) is 2. The van der Waals surface area contributed by atoms with Crippen LogP contribution in [0, 0.1) is 0 Å². The van der Waals surface area contributed by atoms with Gasteiger partial charge in [0.05, 0.1) is 16.9 Å². The second-order valence-corrected chi connectivity index (χ2v) is 6.74. The number of halogens is 1. The Labute approximate surface area is 155 Å². The molecule has 0 aliphatic rings. The van der Waals surface area contributed by atoms with Crippen LogP contribution in [0.25, 0.3) is 33.2 Å². The van der Waals surface area contributed by atoms with Gasteiger partial charge in [-0.25, -0.2) is 4.98 Å². The van der Waals surface area contributed by atoms with E-state index in [0.29, 0.717) is 17.9 Å². The molecule has 4 nitrogen and oxygen atoms in total. The number of rotatable bonds is 5. The Morgan fingerprint density at radius 3 is 2.81 bits per heavy atom. The zero-order chi connectivity index (χ0) is 18.1. The van der Waals surface area contributed by atoms with Gasteiger partial charge in [-0.05, 0) is 48.7 Å². The van der Waals surface area contributed by atoms with Crippen LogP contribution in [0.15, 0.2) is 54.6 Å². The molecule has 0 bridgehead atoms. The predicted molar refractivity (Wildman–Crippen MR) is 105 cm³/mol. The van der Waals surface area contributed by atoms with Crippen molar-refractivity contribution < 1.29 is 9.90 Å². The molecular weight excluding hydrogens is 348 g/mol. The second kappa shape index (κ2) is 6.81. The average Bonchev–Trinajstić information content (AvgIpc) is 2.99. The van der Waals surface area contributed by atoms with Crippen LogP contribution >= 0.6 is 11.6 Å². The van der Waals surface area contributed by atoms with Gasteiger partial charge >= 0.3 is 5.97 Å². The van der Waals surface area contributed by atoms with Gasteiger partial charge in [0.1, 0.15) is 0 Å². The molecule has 2 aromatic carbocycles. The molecule has 5 heteroatoms. The molecule has 0 saturated carbocycles. The number of aliphatic carboxylic acids is 1. The highest BCUT2D eigenvalue weighted by atomic mass is 35.5. The van der Waals surface area contributed by atoms with Crippen LogP contribution in [0.3, 0.4) is 0 Å². The lowest BCUT2D eigenvalue weighted by atomic mass is 10.0. The number of nitrogens with zero attached hydrogens (tertiary/aromatic N) is 1. The molecule has 0 saturated heterocycles. The van der Waals surface area contributed by atoms with Gasteiger partial charge in [0.15, 0.2) is 0 Å². The van der Waals surface area contributed by atoms with Crippen molar-refractivity contribution >= 4 is 39.4 Å². The molecule has 130 valence electrons. The topological polar surface area (TPSA) is 66.0 Å². The van der Waals surface area contributed by atoms with Crippen LogP contribution in [-0.2, 0) is 11.2 Å². The second-order valence-electron chi connectivity index (χ2n) is 6.30. The maximum Gasteiger partial charge on any atom is 0.303 e. The summed E-state index contributed by atoms with van der Waals surface area (Å²) in [4.78, 5) is 19.1. The minimum Gasteiger partial charge on any atom is -0.481 e. The summed E-state index contributed by atoms with van der Waals surface area (Å²) in [6.07, 6.45) is 1.35. The minimum atomic E-state index is -0.784. The molecule has 0 radical (unpaired) electrons. The van der Waals surface area contributed by atoms with Crippen molar-refractivity contribution in [2.45, 2.75) is 19.3 Å². The molecule has 0 atom stereocenters. The smallest absolute Gasteiger partial charge is 0.303 e. The van der Waals surface area contributed by atoms with E-state index in [1.54, 1.807) is 0 Å². The molecule has 4 aromatic rings. The fourth-order valence-corrected chi connectivity index (χ4v) is 3.49. The van der Waals surface area contributed by atoms with Crippen LogP contribution in [0.5, 0.6) is 0 Å². The van der Waals surface area contributed by atoms with Gasteiger partial charge < -0.3 is 10.1 Å². The molecule has 2 heterocycles. The lowest BCUT2D eigenvalue weighted by Gasteiger charge is -2.06. The summed E-state index contributed by atoms with van der Waals surface area (Å²) in [7, 11) is 0. The van der Waals surface area contributed by atoms with Gasteiger partial charge in [-0.1, -0.05) is 35.9 Å². The van der Waals surface area contributed by atoms with Crippen molar-refractivity contribution in [3.8, 4) is 11.4 Å². The van der Waals surface area contributed by atoms with E-state index in [2.05, 4.69) is 11.1 Å². The number of carboxylic acid groups (broad SMARTS) is 1. The molecule has 2 N–H and O–H groups in total. The average molecular weight is 365 g/mol. The third kappa shape index (κ3) is 3.16. The fraction of sp³-hybridized carbons (Fsp3) is 0.143. The summed E-state index contributed by atoms with van der Waals surface area (Å²) in [6, 6.07) is 17.7. The first-order valence-electron chi connectivity index (χ1n) is 8.50. The normalized spacial score (nSPS) is 11.3. The summed E-state index contributed by atoms with van der Waals surface area (Å²) in [6.45, 7) is 0. The van der Waals surface area contributed by atoms with E-state index in [1.807, 2.05) is 48.5 Å². The van der Waals surface area contributed by atoms with Crippen molar-refractivity contribution in [3.63, 3.8) is 0 Å². The molecular formula is C21H17ClN2O2. The number of fused-ring (bicyclic) bond motifs is 2. The lowest BCUT2D eigenvalue weighted by molar-refractivity contribution is -0.137. The Morgan fingerprint density at radius 2 is 1.96 bits per heavy atom. The number of carbonyl (C=O) groups is 1. The van der Waals surface area contributed by atoms with Crippen molar-refractivity contribution in [2.75, 3.05) is 0 Å². The first-order valence-corrected chi connectivity index (χ1v) is 8.88. The Kier molecular flexibility index (Phi) is 4.35. The van der Waals surface area contributed by atoms with Crippen molar-refractivity contribution in [3.05, 3.63) is 65.2 Å². The SMILES string of the molecule is O=C(O)CCCc1c(-c2ccc3ccccc3n2)[nH]c2ccc(Cl)cc12. The van der Waals surface area contributed by atoms with E-state index in [4.69, 9.17) is 21.7 Å². The van der Waals surface area contributed by atoms with Gasteiger partial charge in [0.25, 0.3) is 0 Å². The molecule has 26 heavy (non-hydrogen) atoms. The number of para-hydroxylation sites is 1. The van der Waals surface area contributed by atoms with Crippen molar-refractivity contribution in [1.82, 2.24) is 9.97 Å². The number of carboxylic acids is 1. The first-order chi connectivity index (χ1) is 12.6. The molecule has 2 aromatic heterocycles. The van der Waals surface area contributed by atoms with Gasteiger partial charge in [-0.2, -0.15) is 0 Å². The number of aromatic amines is 1. The molecule has 0 aliphatic carbocycles. The lowest BCUT2D eigenvalue weighted by Crippen LogP contribution is -1.97. The molecule has 0 unspecified atom stereocenters. The number of aryl methyl sites for hydroxylation is 1. The van der Waals surface area contributed by atoms with E-state index in [-0.39, 0.29) is 6.42 Å². The summed E-state index contributed by atoms with van der Waals surface area (Å²) < 4.78 is 0. The Hall–Kier alpha value is -2.85. The number of nitrogens with one attached hydrogen (secondary N) is 1. The van der Waals surface area contributed by atoms with E-state index in [0.717, 1.165) is 38.8 Å². The number of pyridine rings is 1. The monoisotopic (exact) mass is 364 g/mol. The van der Waals surface area contributed by atoms with Crippen LogP contribution in [0.1, 0.15) is 18.4 Å². The van der Waals surface area contributed by atoms with Gasteiger partial charge in [-0.15, -0.1) is 0 Å². The number of hydrogen-bond donors (Lipinski definition) is 2. The van der Waals surface area contributed by atoms with E-state index in [9.17, 15) is 4.79 Å². The van der Waals surface area contributed by atoms with Crippen molar-refractivity contribution in [2.24, 2.45) is 0 Å². The van der Waals surface area contributed by atoms with Crippen LogP contribution in [-0.4, -0.2) is 21.0 Å².